The zero-order chi connectivity index (χ0) is 22.3. The average Bonchev–Trinajstić information content (AvgIpc) is 3.45. The summed E-state index contributed by atoms with van der Waals surface area (Å²) in [5, 5.41) is 12.6. The lowest BCUT2D eigenvalue weighted by Gasteiger charge is -2.16. The number of nitrogens with zero attached hydrogens (tertiary/aromatic N) is 4. The number of amides is 1. The predicted molar refractivity (Wildman–Crippen MR) is 126 cm³/mol. The Morgan fingerprint density at radius 1 is 1.00 bits per heavy atom. The van der Waals surface area contributed by atoms with E-state index in [2.05, 4.69) is 37.1 Å². The smallest absolute Gasteiger partial charge is 0.225 e. The van der Waals surface area contributed by atoms with Gasteiger partial charge in [0.1, 0.15) is 0 Å². The highest BCUT2D eigenvalue weighted by atomic mass is 32.2. The van der Waals surface area contributed by atoms with E-state index < -0.39 is 0 Å². The molecule has 0 bridgehead atoms. The van der Waals surface area contributed by atoms with Gasteiger partial charge in [0.05, 0.1) is 6.54 Å². The Balaban J connectivity index is 1.38. The van der Waals surface area contributed by atoms with Gasteiger partial charge in [-0.2, -0.15) is 0 Å². The molecule has 1 aliphatic rings. The Bertz CT molecular complexity index is 1060. The van der Waals surface area contributed by atoms with Crippen LogP contribution in [0, 0.1) is 0 Å². The number of carbonyl (C=O) groups is 2. The van der Waals surface area contributed by atoms with E-state index in [1.54, 1.807) is 24.3 Å². The van der Waals surface area contributed by atoms with Gasteiger partial charge >= 0.3 is 0 Å². The predicted octanol–water partition coefficient (Wildman–Crippen LogP) is 4.19. The molecular formula is C24H27N5O2S. The van der Waals surface area contributed by atoms with Crippen LogP contribution in [0.3, 0.4) is 0 Å². The molecule has 0 saturated carbocycles. The van der Waals surface area contributed by atoms with E-state index in [4.69, 9.17) is 0 Å². The number of ketones is 1. The maximum atomic E-state index is 12.4. The number of thioether (sulfide) groups is 1. The summed E-state index contributed by atoms with van der Waals surface area (Å²) in [6.07, 6.45) is 2.81. The van der Waals surface area contributed by atoms with Crippen molar-refractivity contribution in [2.24, 2.45) is 0 Å². The Hall–Kier alpha value is -2.97. The second kappa shape index (κ2) is 10.6. The highest BCUT2D eigenvalue weighted by molar-refractivity contribution is 7.99. The molecule has 1 saturated heterocycles. The van der Waals surface area contributed by atoms with Gasteiger partial charge in [-0.1, -0.05) is 30.0 Å². The number of hydrogen-bond donors (Lipinski definition) is 1. The maximum absolute atomic E-state index is 12.4. The van der Waals surface area contributed by atoms with Crippen LogP contribution in [0.5, 0.6) is 0 Å². The monoisotopic (exact) mass is 449 g/mol. The van der Waals surface area contributed by atoms with Gasteiger partial charge in [-0.25, -0.2) is 0 Å². The number of aromatic nitrogens is 3. The Labute approximate surface area is 192 Å². The molecule has 7 nitrogen and oxygen atoms in total. The first-order chi connectivity index (χ1) is 15.6. The van der Waals surface area contributed by atoms with Crippen molar-refractivity contribution < 1.29 is 9.59 Å². The molecule has 8 heteroatoms. The summed E-state index contributed by atoms with van der Waals surface area (Å²) in [6, 6.07) is 17.1. The quantitative estimate of drug-likeness (QED) is 0.390. The molecule has 4 rings (SSSR count). The first-order valence-electron chi connectivity index (χ1n) is 10.9. The number of anilines is 1. The molecular weight excluding hydrogens is 422 g/mol. The van der Waals surface area contributed by atoms with Gasteiger partial charge in [-0.15, -0.1) is 10.2 Å². The molecule has 2 heterocycles. The van der Waals surface area contributed by atoms with Gasteiger partial charge < -0.3 is 5.32 Å². The molecule has 0 aliphatic carbocycles. The molecule has 0 unspecified atom stereocenters. The Kier molecular flexibility index (Phi) is 7.34. The van der Waals surface area contributed by atoms with E-state index in [0.29, 0.717) is 23.4 Å². The molecule has 2 aromatic carbocycles. The number of carbonyl (C=O) groups excluding carboxylic acids is 2. The molecule has 32 heavy (non-hydrogen) atoms. The third-order valence-electron chi connectivity index (χ3n) is 5.41. The summed E-state index contributed by atoms with van der Waals surface area (Å²) in [6.45, 7) is 4.49. The van der Waals surface area contributed by atoms with Crippen LogP contribution < -0.4 is 5.32 Å². The Morgan fingerprint density at radius 3 is 2.41 bits per heavy atom. The van der Waals surface area contributed by atoms with Crippen LogP contribution in [0.2, 0.25) is 0 Å². The van der Waals surface area contributed by atoms with Crippen molar-refractivity contribution in [1.82, 2.24) is 19.7 Å². The van der Waals surface area contributed by atoms with E-state index in [-0.39, 0.29) is 11.7 Å². The minimum atomic E-state index is -0.0730. The average molecular weight is 450 g/mol. The van der Waals surface area contributed by atoms with E-state index in [9.17, 15) is 9.59 Å². The number of hydrogen-bond acceptors (Lipinski definition) is 6. The molecule has 3 aromatic rings. The number of Topliss-reactive ketones (excluding diaryl/α,β-unsaturated/α-hetero) is 1. The topological polar surface area (TPSA) is 80.1 Å². The van der Waals surface area contributed by atoms with E-state index in [0.717, 1.165) is 36.3 Å². The highest BCUT2D eigenvalue weighted by Crippen LogP contribution is 2.24. The van der Waals surface area contributed by atoms with Gasteiger partial charge in [-0.05, 0) is 69.3 Å². The molecule has 0 spiro atoms. The van der Waals surface area contributed by atoms with Crippen molar-refractivity contribution in [2.45, 2.75) is 37.9 Å². The SMILES string of the molecule is CC(=O)c1ccc(NC(=O)CCSc2nnc(CN3CCCC3)n2-c2ccccc2)cc1. The second-order valence-electron chi connectivity index (χ2n) is 7.83. The van der Waals surface area contributed by atoms with Gasteiger partial charge in [0.2, 0.25) is 5.91 Å². The van der Waals surface area contributed by atoms with Gasteiger partial charge in [0, 0.05) is 29.1 Å². The number of rotatable bonds is 9. The third-order valence-corrected chi connectivity index (χ3v) is 6.34. The summed E-state index contributed by atoms with van der Waals surface area (Å²) < 4.78 is 2.10. The fourth-order valence-electron chi connectivity index (χ4n) is 3.72. The van der Waals surface area contributed by atoms with Crippen molar-refractivity contribution in [3.05, 3.63) is 66.0 Å². The van der Waals surface area contributed by atoms with Crippen LogP contribution >= 0.6 is 11.8 Å². The molecule has 1 N–H and O–H groups in total. The van der Waals surface area contributed by atoms with Crippen molar-refractivity contribution >= 4 is 29.1 Å². The summed E-state index contributed by atoms with van der Waals surface area (Å²) in [5.41, 5.74) is 2.35. The first-order valence-corrected chi connectivity index (χ1v) is 11.8. The number of para-hydroxylation sites is 1. The van der Waals surface area contributed by atoms with Gasteiger partial charge in [0.25, 0.3) is 0 Å². The molecule has 1 fully saturated rings. The van der Waals surface area contributed by atoms with Crippen LogP contribution in [0.25, 0.3) is 5.69 Å². The lowest BCUT2D eigenvalue weighted by Crippen LogP contribution is -2.21. The zero-order valence-corrected chi connectivity index (χ0v) is 19.0. The van der Waals surface area contributed by atoms with E-state index in [1.165, 1.54) is 31.5 Å². The maximum Gasteiger partial charge on any atom is 0.225 e. The largest absolute Gasteiger partial charge is 0.326 e. The summed E-state index contributed by atoms with van der Waals surface area (Å²) in [4.78, 5) is 26.2. The summed E-state index contributed by atoms with van der Waals surface area (Å²) >= 11 is 1.53. The normalized spacial score (nSPS) is 13.9. The molecule has 0 atom stereocenters. The van der Waals surface area contributed by atoms with Crippen LogP contribution in [-0.2, 0) is 11.3 Å². The van der Waals surface area contributed by atoms with Crippen LogP contribution in [0.1, 0.15) is 42.4 Å². The Morgan fingerprint density at radius 2 is 1.72 bits per heavy atom. The highest BCUT2D eigenvalue weighted by Gasteiger charge is 2.19. The molecule has 1 aliphatic heterocycles. The van der Waals surface area contributed by atoms with Crippen LogP contribution in [-0.4, -0.2) is 50.2 Å². The number of likely N-dealkylation sites (tertiary alicyclic amines) is 1. The van der Waals surface area contributed by atoms with Gasteiger partial charge in [0.15, 0.2) is 16.8 Å². The van der Waals surface area contributed by atoms with Crippen molar-refractivity contribution in [1.29, 1.82) is 0 Å². The minimum absolute atomic E-state index is 0.00547. The minimum Gasteiger partial charge on any atom is -0.326 e. The standard InChI is InChI=1S/C24H27N5O2S/c1-18(30)19-9-11-20(12-10-19)25-23(31)13-16-32-24-27-26-22(17-28-14-5-6-15-28)29(24)21-7-3-2-4-8-21/h2-4,7-12H,5-6,13-17H2,1H3,(H,25,31). The van der Waals surface area contributed by atoms with Crippen molar-refractivity contribution in [3.63, 3.8) is 0 Å². The lowest BCUT2D eigenvalue weighted by molar-refractivity contribution is -0.115. The number of nitrogens with one attached hydrogen (secondary N) is 1. The van der Waals surface area contributed by atoms with Gasteiger partial charge in [-0.3, -0.25) is 19.1 Å². The fraction of sp³-hybridized carbons (Fsp3) is 0.333. The summed E-state index contributed by atoms with van der Waals surface area (Å²) in [5.74, 6) is 1.45. The third kappa shape index (κ3) is 5.63. The zero-order valence-electron chi connectivity index (χ0n) is 18.2. The summed E-state index contributed by atoms with van der Waals surface area (Å²) in [7, 11) is 0. The lowest BCUT2D eigenvalue weighted by atomic mass is 10.1. The van der Waals surface area contributed by atoms with E-state index >= 15 is 0 Å². The molecule has 1 amide bonds. The van der Waals surface area contributed by atoms with Crippen molar-refractivity contribution in [2.75, 3.05) is 24.2 Å². The number of benzene rings is 2. The second-order valence-corrected chi connectivity index (χ2v) is 8.90. The van der Waals surface area contributed by atoms with E-state index in [1.807, 2.05) is 18.2 Å². The molecule has 166 valence electrons. The van der Waals surface area contributed by atoms with Crippen LogP contribution in [0.4, 0.5) is 5.69 Å². The molecule has 1 aromatic heterocycles. The van der Waals surface area contributed by atoms with Crippen LogP contribution in [0.15, 0.2) is 59.8 Å². The molecule has 0 radical (unpaired) electrons. The first kappa shape index (κ1) is 22.2. The van der Waals surface area contributed by atoms with Crippen molar-refractivity contribution in [3.8, 4) is 5.69 Å². The fourth-order valence-corrected chi connectivity index (χ4v) is 4.63.